The SMILES string of the molecule is Cc1cc(C(=O)O)ccc1NC(=O)c1cccc(Br)n1. The summed E-state index contributed by atoms with van der Waals surface area (Å²) in [5.41, 5.74) is 1.69. The molecule has 0 unspecified atom stereocenters. The van der Waals surface area contributed by atoms with Crippen LogP contribution in [0.5, 0.6) is 0 Å². The van der Waals surface area contributed by atoms with Gasteiger partial charge in [0, 0.05) is 5.69 Å². The number of benzene rings is 1. The first-order valence-electron chi connectivity index (χ1n) is 5.75. The Hall–Kier alpha value is -2.21. The monoisotopic (exact) mass is 334 g/mol. The number of aryl methyl sites for hydroxylation is 1. The summed E-state index contributed by atoms with van der Waals surface area (Å²) in [5, 5.41) is 11.6. The highest BCUT2D eigenvalue weighted by Crippen LogP contribution is 2.17. The van der Waals surface area contributed by atoms with Crippen molar-refractivity contribution in [1.29, 1.82) is 0 Å². The molecule has 0 aliphatic rings. The number of nitrogens with one attached hydrogen (secondary N) is 1. The number of anilines is 1. The van der Waals surface area contributed by atoms with Crippen molar-refractivity contribution in [2.45, 2.75) is 6.92 Å². The van der Waals surface area contributed by atoms with E-state index in [0.29, 0.717) is 15.9 Å². The van der Waals surface area contributed by atoms with Crippen LogP contribution < -0.4 is 5.32 Å². The molecule has 0 bridgehead atoms. The lowest BCUT2D eigenvalue weighted by Crippen LogP contribution is -2.14. The van der Waals surface area contributed by atoms with Crippen LogP contribution in [0.2, 0.25) is 0 Å². The first-order valence-corrected chi connectivity index (χ1v) is 6.54. The second-order valence-corrected chi connectivity index (χ2v) is 4.95. The number of rotatable bonds is 3. The van der Waals surface area contributed by atoms with Crippen LogP contribution in [0.4, 0.5) is 5.69 Å². The minimum Gasteiger partial charge on any atom is -0.478 e. The molecule has 1 aromatic carbocycles. The second-order valence-electron chi connectivity index (χ2n) is 4.13. The Morgan fingerprint density at radius 3 is 2.60 bits per heavy atom. The summed E-state index contributed by atoms with van der Waals surface area (Å²) >= 11 is 3.20. The molecule has 1 heterocycles. The molecule has 2 N–H and O–H groups in total. The van der Waals surface area contributed by atoms with Crippen molar-refractivity contribution in [2.75, 3.05) is 5.32 Å². The number of carbonyl (C=O) groups excluding carboxylic acids is 1. The normalized spacial score (nSPS) is 10.1. The first-order chi connectivity index (χ1) is 9.47. The van der Waals surface area contributed by atoms with Gasteiger partial charge in [-0.25, -0.2) is 9.78 Å². The Morgan fingerprint density at radius 2 is 2.00 bits per heavy atom. The maximum absolute atomic E-state index is 12.0. The van der Waals surface area contributed by atoms with E-state index in [-0.39, 0.29) is 17.2 Å². The highest BCUT2D eigenvalue weighted by atomic mass is 79.9. The molecule has 0 aliphatic carbocycles. The third-order valence-corrected chi connectivity index (χ3v) is 3.11. The van der Waals surface area contributed by atoms with E-state index in [0.717, 1.165) is 0 Å². The van der Waals surface area contributed by atoms with Crippen molar-refractivity contribution in [3.63, 3.8) is 0 Å². The molecule has 0 atom stereocenters. The van der Waals surface area contributed by atoms with Crippen LogP contribution >= 0.6 is 15.9 Å². The third kappa shape index (κ3) is 3.21. The van der Waals surface area contributed by atoms with Crippen molar-refractivity contribution in [3.8, 4) is 0 Å². The molecule has 5 nitrogen and oxygen atoms in total. The number of aromatic nitrogens is 1. The molecule has 1 aromatic heterocycles. The van der Waals surface area contributed by atoms with Crippen LogP contribution in [0.3, 0.4) is 0 Å². The molecule has 0 saturated heterocycles. The quantitative estimate of drug-likeness (QED) is 0.845. The number of nitrogens with zero attached hydrogens (tertiary/aromatic N) is 1. The average Bonchev–Trinajstić information content (AvgIpc) is 2.40. The van der Waals surface area contributed by atoms with Gasteiger partial charge < -0.3 is 10.4 Å². The van der Waals surface area contributed by atoms with Gasteiger partial charge in [0.15, 0.2) is 0 Å². The Bertz CT molecular complexity index is 686. The van der Waals surface area contributed by atoms with Crippen molar-refractivity contribution in [1.82, 2.24) is 4.98 Å². The predicted octanol–water partition coefficient (Wildman–Crippen LogP) is 3.10. The van der Waals surface area contributed by atoms with Gasteiger partial charge in [0.2, 0.25) is 0 Å². The largest absolute Gasteiger partial charge is 0.478 e. The molecule has 0 spiro atoms. The molecule has 0 saturated carbocycles. The number of halogens is 1. The minimum atomic E-state index is -1.00. The summed E-state index contributed by atoms with van der Waals surface area (Å²) in [7, 11) is 0. The van der Waals surface area contributed by atoms with Crippen molar-refractivity contribution in [3.05, 3.63) is 57.8 Å². The van der Waals surface area contributed by atoms with Gasteiger partial charge in [-0.05, 0) is 58.7 Å². The van der Waals surface area contributed by atoms with Crippen LogP contribution in [-0.4, -0.2) is 22.0 Å². The smallest absolute Gasteiger partial charge is 0.335 e. The molecule has 0 fully saturated rings. The predicted molar refractivity (Wildman–Crippen MR) is 78.0 cm³/mol. The van der Waals surface area contributed by atoms with Gasteiger partial charge in [-0.15, -0.1) is 0 Å². The number of hydrogen-bond donors (Lipinski definition) is 2. The third-order valence-electron chi connectivity index (χ3n) is 2.67. The Labute approximate surface area is 123 Å². The van der Waals surface area contributed by atoms with Gasteiger partial charge in [-0.1, -0.05) is 6.07 Å². The number of carboxylic acids is 1. The highest BCUT2D eigenvalue weighted by molar-refractivity contribution is 9.10. The lowest BCUT2D eigenvalue weighted by Gasteiger charge is -2.08. The summed E-state index contributed by atoms with van der Waals surface area (Å²) in [5.74, 6) is -1.35. The van der Waals surface area contributed by atoms with E-state index >= 15 is 0 Å². The van der Waals surface area contributed by atoms with E-state index in [2.05, 4.69) is 26.2 Å². The Morgan fingerprint density at radius 1 is 1.25 bits per heavy atom. The van der Waals surface area contributed by atoms with Crippen molar-refractivity contribution in [2.24, 2.45) is 0 Å². The number of pyridine rings is 1. The molecular weight excluding hydrogens is 324 g/mol. The summed E-state index contributed by atoms with van der Waals surface area (Å²) in [6.07, 6.45) is 0. The molecule has 0 aliphatic heterocycles. The highest BCUT2D eigenvalue weighted by Gasteiger charge is 2.11. The number of aromatic carboxylic acids is 1. The van der Waals surface area contributed by atoms with E-state index in [1.54, 1.807) is 31.2 Å². The van der Waals surface area contributed by atoms with Crippen LogP contribution in [0.25, 0.3) is 0 Å². The lowest BCUT2D eigenvalue weighted by atomic mass is 10.1. The van der Waals surface area contributed by atoms with Crippen LogP contribution in [-0.2, 0) is 0 Å². The number of amides is 1. The second kappa shape index (κ2) is 5.83. The maximum Gasteiger partial charge on any atom is 0.335 e. The fourth-order valence-corrected chi connectivity index (χ4v) is 2.00. The fourth-order valence-electron chi connectivity index (χ4n) is 1.66. The number of carbonyl (C=O) groups is 2. The van der Waals surface area contributed by atoms with Gasteiger partial charge in [-0.2, -0.15) is 0 Å². The summed E-state index contributed by atoms with van der Waals surface area (Å²) in [6, 6.07) is 9.55. The van der Waals surface area contributed by atoms with E-state index in [9.17, 15) is 9.59 Å². The van der Waals surface area contributed by atoms with Gasteiger partial charge in [-0.3, -0.25) is 4.79 Å². The van der Waals surface area contributed by atoms with E-state index in [1.807, 2.05) is 0 Å². The van der Waals surface area contributed by atoms with Crippen molar-refractivity contribution < 1.29 is 14.7 Å². The molecule has 0 radical (unpaired) electrons. The van der Waals surface area contributed by atoms with Crippen LogP contribution in [0, 0.1) is 6.92 Å². The lowest BCUT2D eigenvalue weighted by molar-refractivity contribution is 0.0696. The Balaban J connectivity index is 2.22. The topological polar surface area (TPSA) is 79.3 Å². The molecule has 1 amide bonds. The Kier molecular flexibility index (Phi) is 4.14. The molecule has 2 rings (SSSR count). The number of carboxylic acid groups (broad SMARTS) is 1. The van der Waals surface area contributed by atoms with E-state index in [4.69, 9.17) is 5.11 Å². The van der Waals surface area contributed by atoms with Crippen LogP contribution in [0.15, 0.2) is 41.0 Å². The molecular formula is C14H11BrN2O3. The molecule has 20 heavy (non-hydrogen) atoms. The zero-order valence-electron chi connectivity index (χ0n) is 10.6. The molecule has 6 heteroatoms. The average molecular weight is 335 g/mol. The summed E-state index contributed by atoms with van der Waals surface area (Å²) in [6.45, 7) is 1.73. The zero-order chi connectivity index (χ0) is 14.7. The number of hydrogen-bond acceptors (Lipinski definition) is 3. The van der Waals surface area contributed by atoms with E-state index in [1.165, 1.54) is 12.1 Å². The maximum atomic E-state index is 12.0. The van der Waals surface area contributed by atoms with Crippen LogP contribution in [0.1, 0.15) is 26.4 Å². The standard InChI is InChI=1S/C14H11BrN2O3/c1-8-7-9(14(19)20)5-6-10(8)17-13(18)11-3-2-4-12(15)16-11/h2-7H,1H3,(H,17,18)(H,19,20). The van der Waals surface area contributed by atoms with E-state index < -0.39 is 5.97 Å². The fraction of sp³-hybridized carbons (Fsp3) is 0.0714. The van der Waals surface area contributed by atoms with Gasteiger partial charge in [0.05, 0.1) is 5.56 Å². The van der Waals surface area contributed by atoms with Gasteiger partial charge in [0.1, 0.15) is 10.3 Å². The van der Waals surface area contributed by atoms with Gasteiger partial charge >= 0.3 is 5.97 Å². The van der Waals surface area contributed by atoms with Gasteiger partial charge in [0.25, 0.3) is 5.91 Å². The minimum absolute atomic E-state index is 0.182. The summed E-state index contributed by atoms with van der Waals surface area (Å²) in [4.78, 5) is 26.9. The molecule has 102 valence electrons. The molecule has 2 aromatic rings. The zero-order valence-corrected chi connectivity index (χ0v) is 12.1. The summed E-state index contributed by atoms with van der Waals surface area (Å²) < 4.78 is 0.572. The van der Waals surface area contributed by atoms with Crippen molar-refractivity contribution >= 4 is 33.5 Å². The first kappa shape index (κ1) is 14.2.